The third-order valence-corrected chi connectivity index (χ3v) is 2.28. The number of aromatic nitrogens is 1. The maximum atomic E-state index is 10.8. The Kier molecular flexibility index (Phi) is 2.72. The average Bonchev–Trinajstić information content (AvgIpc) is 2.27. The predicted molar refractivity (Wildman–Crippen MR) is 60.9 cm³/mol. The molecular formula is C12H12N2O2. The summed E-state index contributed by atoms with van der Waals surface area (Å²) < 4.78 is 0. The first-order chi connectivity index (χ1) is 7.66. The van der Waals surface area contributed by atoms with E-state index < -0.39 is 0 Å². The summed E-state index contributed by atoms with van der Waals surface area (Å²) in [6.07, 6.45) is 0. The number of phenolic OH excluding ortho intramolecular Hbond substituents is 1. The zero-order chi connectivity index (χ0) is 11.5. The topological polar surface area (TPSA) is 62.2 Å². The van der Waals surface area contributed by atoms with Crippen molar-refractivity contribution in [2.75, 3.05) is 0 Å². The smallest absolute Gasteiger partial charge is 0.217 e. The summed E-state index contributed by atoms with van der Waals surface area (Å²) in [6, 6.07) is 8.95. The van der Waals surface area contributed by atoms with E-state index in [9.17, 15) is 9.90 Å². The van der Waals surface area contributed by atoms with Crippen molar-refractivity contribution in [3.63, 3.8) is 0 Å². The van der Waals surface area contributed by atoms with Gasteiger partial charge in [0.1, 0.15) is 11.3 Å². The number of fused-ring (bicyclic) bond motifs is 1. The molecule has 2 aromatic rings. The molecule has 0 fully saturated rings. The molecule has 0 bridgehead atoms. The van der Waals surface area contributed by atoms with Gasteiger partial charge in [-0.3, -0.25) is 4.79 Å². The van der Waals surface area contributed by atoms with Crippen molar-refractivity contribution >= 4 is 16.8 Å². The van der Waals surface area contributed by atoms with Crippen molar-refractivity contribution in [3.05, 3.63) is 36.0 Å². The maximum Gasteiger partial charge on any atom is 0.217 e. The number of aromatic hydroxyl groups is 1. The first-order valence-electron chi connectivity index (χ1n) is 4.99. The van der Waals surface area contributed by atoms with E-state index in [1.165, 1.54) is 6.92 Å². The van der Waals surface area contributed by atoms with E-state index in [0.717, 1.165) is 11.1 Å². The van der Waals surface area contributed by atoms with Crippen LogP contribution < -0.4 is 5.32 Å². The number of hydrogen-bond acceptors (Lipinski definition) is 3. The Morgan fingerprint density at radius 1 is 1.38 bits per heavy atom. The number of nitrogens with zero attached hydrogens (tertiary/aromatic N) is 1. The van der Waals surface area contributed by atoms with Gasteiger partial charge < -0.3 is 10.4 Å². The molecule has 2 N–H and O–H groups in total. The van der Waals surface area contributed by atoms with Crippen LogP contribution in [-0.4, -0.2) is 16.0 Å². The molecule has 1 aromatic carbocycles. The van der Waals surface area contributed by atoms with Crippen molar-refractivity contribution in [1.29, 1.82) is 0 Å². The second-order valence-electron chi connectivity index (χ2n) is 3.56. The summed E-state index contributed by atoms with van der Waals surface area (Å²) in [6.45, 7) is 1.83. The maximum absolute atomic E-state index is 10.8. The number of carbonyl (C=O) groups is 1. The molecule has 0 spiro atoms. The van der Waals surface area contributed by atoms with Crippen molar-refractivity contribution < 1.29 is 9.90 Å². The minimum atomic E-state index is -0.0980. The van der Waals surface area contributed by atoms with Gasteiger partial charge in [-0.05, 0) is 12.1 Å². The van der Waals surface area contributed by atoms with E-state index >= 15 is 0 Å². The lowest BCUT2D eigenvalue weighted by molar-refractivity contribution is -0.119. The quantitative estimate of drug-likeness (QED) is 0.801. The van der Waals surface area contributed by atoms with Crippen molar-refractivity contribution in [1.82, 2.24) is 10.3 Å². The van der Waals surface area contributed by atoms with E-state index in [2.05, 4.69) is 10.3 Å². The first-order valence-corrected chi connectivity index (χ1v) is 4.99. The second kappa shape index (κ2) is 4.18. The predicted octanol–water partition coefficient (Wildman–Crippen LogP) is 1.58. The van der Waals surface area contributed by atoms with Gasteiger partial charge in [0.15, 0.2) is 0 Å². The summed E-state index contributed by atoms with van der Waals surface area (Å²) >= 11 is 0. The largest absolute Gasteiger partial charge is 0.506 e. The normalized spacial score (nSPS) is 10.3. The first kappa shape index (κ1) is 10.4. The molecule has 0 aliphatic heterocycles. The van der Waals surface area contributed by atoms with Crippen LogP contribution in [0.5, 0.6) is 5.75 Å². The number of para-hydroxylation sites is 1. The molecule has 2 rings (SSSR count). The van der Waals surface area contributed by atoms with Gasteiger partial charge in [-0.15, -0.1) is 0 Å². The van der Waals surface area contributed by atoms with Crippen LogP contribution in [0.25, 0.3) is 10.9 Å². The Balaban J connectivity index is 2.35. The number of rotatable bonds is 2. The molecule has 1 heterocycles. The molecule has 1 aromatic heterocycles. The molecule has 0 unspecified atom stereocenters. The summed E-state index contributed by atoms with van der Waals surface area (Å²) in [4.78, 5) is 15.0. The molecule has 0 radical (unpaired) electrons. The van der Waals surface area contributed by atoms with E-state index in [4.69, 9.17) is 0 Å². The van der Waals surface area contributed by atoms with Gasteiger partial charge in [-0.1, -0.05) is 18.2 Å². The van der Waals surface area contributed by atoms with Gasteiger partial charge in [0.05, 0.1) is 12.2 Å². The van der Waals surface area contributed by atoms with Gasteiger partial charge in [0.25, 0.3) is 0 Å². The minimum Gasteiger partial charge on any atom is -0.506 e. The highest BCUT2D eigenvalue weighted by Gasteiger charge is 2.02. The SMILES string of the molecule is CC(=O)NCc1ccc2cccc(O)c2n1. The molecule has 16 heavy (non-hydrogen) atoms. The van der Waals surface area contributed by atoms with Crippen LogP contribution in [-0.2, 0) is 11.3 Å². The standard InChI is InChI=1S/C12H12N2O2/c1-8(15)13-7-10-6-5-9-3-2-4-11(16)12(9)14-10/h2-6,16H,7H2,1H3,(H,13,15). The van der Waals surface area contributed by atoms with E-state index in [1.807, 2.05) is 18.2 Å². The Bertz CT molecular complexity index is 538. The van der Waals surface area contributed by atoms with Crippen LogP contribution in [0.1, 0.15) is 12.6 Å². The number of benzene rings is 1. The fraction of sp³-hybridized carbons (Fsp3) is 0.167. The summed E-state index contributed by atoms with van der Waals surface area (Å²) in [7, 11) is 0. The van der Waals surface area contributed by atoms with Gasteiger partial charge in [0, 0.05) is 12.3 Å². The van der Waals surface area contributed by atoms with E-state index in [1.54, 1.807) is 12.1 Å². The van der Waals surface area contributed by atoms with Gasteiger partial charge in [0.2, 0.25) is 5.91 Å². The number of pyridine rings is 1. The highest BCUT2D eigenvalue weighted by atomic mass is 16.3. The summed E-state index contributed by atoms with van der Waals surface area (Å²) in [5, 5.41) is 13.2. The molecule has 0 atom stereocenters. The summed E-state index contributed by atoms with van der Waals surface area (Å²) in [5.74, 6) is 0.0568. The Hall–Kier alpha value is -2.10. The number of nitrogens with one attached hydrogen (secondary N) is 1. The van der Waals surface area contributed by atoms with Crippen LogP contribution in [0.15, 0.2) is 30.3 Å². The molecule has 0 aliphatic carbocycles. The molecule has 4 nitrogen and oxygen atoms in total. The molecule has 1 amide bonds. The number of phenols is 1. The van der Waals surface area contributed by atoms with Gasteiger partial charge in [-0.25, -0.2) is 4.98 Å². The monoisotopic (exact) mass is 216 g/mol. The van der Waals surface area contributed by atoms with E-state index in [0.29, 0.717) is 12.1 Å². The third-order valence-electron chi connectivity index (χ3n) is 2.28. The van der Waals surface area contributed by atoms with Crippen LogP contribution in [0.3, 0.4) is 0 Å². The molecule has 4 heteroatoms. The molecule has 82 valence electrons. The Morgan fingerprint density at radius 2 is 2.19 bits per heavy atom. The summed E-state index contributed by atoms with van der Waals surface area (Å²) in [5.41, 5.74) is 1.29. The van der Waals surface area contributed by atoms with Gasteiger partial charge in [-0.2, -0.15) is 0 Å². The number of carbonyl (C=O) groups excluding carboxylic acids is 1. The number of hydrogen-bond donors (Lipinski definition) is 2. The lowest BCUT2D eigenvalue weighted by Crippen LogP contribution is -2.19. The lowest BCUT2D eigenvalue weighted by atomic mass is 10.2. The zero-order valence-corrected chi connectivity index (χ0v) is 8.90. The van der Waals surface area contributed by atoms with Gasteiger partial charge >= 0.3 is 0 Å². The molecule has 0 saturated heterocycles. The average molecular weight is 216 g/mol. The van der Waals surface area contributed by atoms with Crippen LogP contribution in [0, 0.1) is 0 Å². The fourth-order valence-corrected chi connectivity index (χ4v) is 1.49. The molecule has 0 saturated carbocycles. The lowest BCUT2D eigenvalue weighted by Gasteiger charge is -2.04. The Labute approximate surface area is 92.9 Å². The molecular weight excluding hydrogens is 204 g/mol. The van der Waals surface area contributed by atoms with Crippen LogP contribution >= 0.6 is 0 Å². The second-order valence-corrected chi connectivity index (χ2v) is 3.56. The van der Waals surface area contributed by atoms with Crippen molar-refractivity contribution in [2.45, 2.75) is 13.5 Å². The highest BCUT2D eigenvalue weighted by molar-refractivity contribution is 5.84. The van der Waals surface area contributed by atoms with Crippen molar-refractivity contribution in [2.24, 2.45) is 0 Å². The highest BCUT2D eigenvalue weighted by Crippen LogP contribution is 2.22. The number of amides is 1. The fourth-order valence-electron chi connectivity index (χ4n) is 1.49. The van der Waals surface area contributed by atoms with Crippen LogP contribution in [0.2, 0.25) is 0 Å². The minimum absolute atomic E-state index is 0.0980. The third kappa shape index (κ3) is 2.11. The van der Waals surface area contributed by atoms with Crippen LogP contribution in [0.4, 0.5) is 0 Å². The zero-order valence-electron chi connectivity index (χ0n) is 8.90. The van der Waals surface area contributed by atoms with E-state index in [-0.39, 0.29) is 11.7 Å². The Morgan fingerprint density at radius 3 is 2.94 bits per heavy atom. The van der Waals surface area contributed by atoms with Crippen molar-refractivity contribution in [3.8, 4) is 5.75 Å². The molecule has 0 aliphatic rings.